The van der Waals surface area contributed by atoms with E-state index in [0.29, 0.717) is 19.6 Å². The number of aliphatic hydroxyl groups excluding tert-OH is 1. The number of carbonyl (C=O) groups excluding carboxylic acids is 2. The first-order valence-corrected chi connectivity index (χ1v) is 9.27. The van der Waals surface area contributed by atoms with Gasteiger partial charge >= 0.3 is 0 Å². The number of amides is 2. The Kier molecular flexibility index (Phi) is 6.02. The van der Waals surface area contributed by atoms with Crippen LogP contribution in [0, 0.1) is 5.92 Å². The second-order valence-electron chi connectivity index (χ2n) is 7.08. The fraction of sp³-hybridized carbons (Fsp3) is 0.632. The molecule has 3 rings (SSSR count). The zero-order chi connectivity index (χ0) is 17.6. The molecule has 2 aliphatic rings. The third-order valence-corrected chi connectivity index (χ3v) is 5.33. The van der Waals surface area contributed by atoms with E-state index in [1.165, 1.54) is 6.42 Å². The molecule has 1 saturated carbocycles. The number of aliphatic hydroxyl groups is 1. The second-order valence-corrected chi connectivity index (χ2v) is 7.08. The molecular weight excluding hydrogens is 318 g/mol. The monoisotopic (exact) mass is 345 g/mol. The summed E-state index contributed by atoms with van der Waals surface area (Å²) in [5, 5.41) is 9.38. The van der Waals surface area contributed by atoms with Crippen molar-refractivity contribution in [2.75, 3.05) is 19.7 Å². The number of rotatable bonds is 6. The standard InChI is InChI=1S/C19H27N3O3/c23-11-10-22(17-4-2-1-3-5-17)19(25)16-12-18(24)21(14-16)13-15-6-8-20-9-7-15/h6-9,16-17,23H,1-5,10-14H2. The third-order valence-electron chi connectivity index (χ3n) is 5.33. The first-order valence-electron chi connectivity index (χ1n) is 9.27. The average Bonchev–Trinajstić information content (AvgIpc) is 3.01. The van der Waals surface area contributed by atoms with Crippen LogP contribution < -0.4 is 0 Å². The van der Waals surface area contributed by atoms with E-state index in [4.69, 9.17) is 0 Å². The lowest BCUT2D eigenvalue weighted by Gasteiger charge is -2.35. The summed E-state index contributed by atoms with van der Waals surface area (Å²) in [5.74, 6) is -0.225. The summed E-state index contributed by atoms with van der Waals surface area (Å²) in [6.07, 6.45) is 9.21. The highest BCUT2D eigenvalue weighted by molar-refractivity contribution is 5.89. The number of hydrogen-bond acceptors (Lipinski definition) is 4. The number of nitrogens with zero attached hydrogens (tertiary/aromatic N) is 3. The molecule has 1 aliphatic heterocycles. The number of carbonyl (C=O) groups is 2. The quantitative estimate of drug-likeness (QED) is 0.850. The van der Waals surface area contributed by atoms with Gasteiger partial charge in [0, 0.05) is 44.5 Å². The highest BCUT2D eigenvalue weighted by Gasteiger charge is 2.38. The summed E-state index contributed by atoms with van der Waals surface area (Å²) in [7, 11) is 0. The maximum absolute atomic E-state index is 13.0. The van der Waals surface area contributed by atoms with Gasteiger partial charge in [0.05, 0.1) is 12.5 Å². The van der Waals surface area contributed by atoms with Crippen LogP contribution in [0.3, 0.4) is 0 Å². The van der Waals surface area contributed by atoms with Crippen molar-refractivity contribution in [3.05, 3.63) is 30.1 Å². The Morgan fingerprint density at radius 3 is 2.64 bits per heavy atom. The van der Waals surface area contributed by atoms with Crippen LogP contribution in [0.25, 0.3) is 0 Å². The molecule has 1 N–H and O–H groups in total. The summed E-state index contributed by atoms with van der Waals surface area (Å²) in [4.78, 5) is 32.9. The molecule has 0 radical (unpaired) electrons. The zero-order valence-electron chi connectivity index (χ0n) is 14.6. The predicted octanol–water partition coefficient (Wildman–Crippen LogP) is 1.58. The Bertz CT molecular complexity index is 587. The fourth-order valence-corrected chi connectivity index (χ4v) is 4.01. The minimum Gasteiger partial charge on any atom is -0.395 e. The van der Waals surface area contributed by atoms with Crippen LogP contribution in [0.1, 0.15) is 44.1 Å². The van der Waals surface area contributed by atoms with Crippen LogP contribution in [-0.4, -0.2) is 57.4 Å². The van der Waals surface area contributed by atoms with E-state index in [1.807, 2.05) is 17.0 Å². The summed E-state index contributed by atoms with van der Waals surface area (Å²) in [6.45, 7) is 1.34. The summed E-state index contributed by atoms with van der Waals surface area (Å²) in [5.41, 5.74) is 1.02. The molecule has 1 saturated heterocycles. The molecule has 1 aromatic heterocycles. The number of likely N-dealkylation sites (tertiary alicyclic amines) is 1. The molecule has 0 bridgehead atoms. The van der Waals surface area contributed by atoms with Crippen molar-refractivity contribution in [1.82, 2.24) is 14.8 Å². The van der Waals surface area contributed by atoms with E-state index in [9.17, 15) is 14.7 Å². The van der Waals surface area contributed by atoms with Gasteiger partial charge in [0.15, 0.2) is 0 Å². The largest absolute Gasteiger partial charge is 0.395 e. The molecule has 1 atom stereocenters. The van der Waals surface area contributed by atoms with E-state index in [-0.39, 0.29) is 36.8 Å². The molecule has 1 aliphatic carbocycles. The Balaban J connectivity index is 1.63. The molecule has 1 unspecified atom stereocenters. The molecule has 2 fully saturated rings. The molecule has 0 aromatic carbocycles. The average molecular weight is 345 g/mol. The first kappa shape index (κ1) is 17.9. The summed E-state index contributed by atoms with van der Waals surface area (Å²) < 4.78 is 0. The minimum atomic E-state index is -0.289. The van der Waals surface area contributed by atoms with Crippen LogP contribution in [0.5, 0.6) is 0 Å². The molecule has 2 amide bonds. The van der Waals surface area contributed by atoms with Gasteiger partial charge in [-0.25, -0.2) is 0 Å². The number of aromatic nitrogens is 1. The van der Waals surface area contributed by atoms with Gasteiger partial charge < -0.3 is 14.9 Å². The SMILES string of the molecule is O=C1CC(C(=O)N(CCO)C2CCCCC2)CN1Cc1ccncc1. The van der Waals surface area contributed by atoms with Crippen LogP contribution in [0.15, 0.2) is 24.5 Å². The molecule has 136 valence electrons. The minimum absolute atomic E-state index is 0.0242. The number of hydrogen-bond donors (Lipinski definition) is 1. The Hall–Kier alpha value is -1.95. The lowest BCUT2D eigenvalue weighted by atomic mass is 9.93. The maximum Gasteiger partial charge on any atom is 0.228 e. The molecular formula is C19H27N3O3. The molecule has 2 heterocycles. The topological polar surface area (TPSA) is 73.7 Å². The highest BCUT2D eigenvalue weighted by Crippen LogP contribution is 2.27. The van der Waals surface area contributed by atoms with E-state index >= 15 is 0 Å². The second kappa shape index (κ2) is 8.43. The molecule has 1 aromatic rings. The van der Waals surface area contributed by atoms with E-state index in [1.54, 1.807) is 17.3 Å². The maximum atomic E-state index is 13.0. The van der Waals surface area contributed by atoms with Crippen LogP contribution in [-0.2, 0) is 16.1 Å². The van der Waals surface area contributed by atoms with Crippen molar-refractivity contribution in [2.45, 2.75) is 51.1 Å². The molecule has 25 heavy (non-hydrogen) atoms. The Labute approximate surface area is 148 Å². The lowest BCUT2D eigenvalue weighted by molar-refractivity contribution is -0.139. The summed E-state index contributed by atoms with van der Waals surface area (Å²) >= 11 is 0. The van der Waals surface area contributed by atoms with Crippen molar-refractivity contribution in [1.29, 1.82) is 0 Å². The van der Waals surface area contributed by atoms with E-state index < -0.39 is 0 Å². The number of pyridine rings is 1. The Morgan fingerprint density at radius 1 is 1.24 bits per heavy atom. The third kappa shape index (κ3) is 4.37. The molecule has 0 spiro atoms. The van der Waals surface area contributed by atoms with Crippen molar-refractivity contribution in [2.24, 2.45) is 5.92 Å². The lowest BCUT2D eigenvalue weighted by Crippen LogP contribution is -2.46. The normalized spacial score (nSPS) is 21.6. The summed E-state index contributed by atoms with van der Waals surface area (Å²) in [6, 6.07) is 4.00. The van der Waals surface area contributed by atoms with Gasteiger partial charge in [-0.1, -0.05) is 19.3 Å². The van der Waals surface area contributed by atoms with Crippen molar-refractivity contribution >= 4 is 11.8 Å². The first-order chi connectivity index (χ1) is 12.2. The van der Waals surface area contributed by atoms with Gasteiger partial charge in [-0.2, -0.15) is 0 Å². The van der Waals surface area contributed by atoms with Crippen LogP contribution in [0.4, 0.5) is 0 Å². The molecule has 6 heteroatoms. The van der Waals surface area contributed by atoms with Crippen molar-refractivity contribution in [3.8, 4) is 0 Å². The smallest absolute Gasteiger partial charge is 0.228 e. The van der Waals surface area contributed by atoms with Gasteiger partial charge in [0.2, 0.25) is 11.8 Å². The van der Waals surface area contributed by atoms with E-state index in [2.05, 4.69) is 4.98 Å². The van der Waals surface area contributed by atoms with Gasteiger partial charge in [-0.05, 0) is 30.5 Å². The van der Waals surface area contributed by atoms with Gasteiger partial charge in [-0.15, -0.1) is 0 Å². The van der Waals surface area contributed by atoms with Gasteiger partial charge in [0.1, 0.15) is 0 Å². The van der Waals surface area contributed by atoms with Crippen LogP contribution >= 0.6 is 0 Å². The predicted molar refractivity (Wildman–Crippen MR) is 93.4 cm³/mol. The van der Waals surface area contributed by atoms with Gasteiger partial charge in [-0.3, -0.25) is 14.6 Å². The van der Waals surface area contributed by atoms with Crippen LogP contribution in [0.2, 0.25) is 0 Å². The zero-order valence-corrected chi connectivity index (χ0v) is 14.6. The van der Waals surface area contributed by atoms with Crippen molar-refractivity contribution in [3.63, 3.8) is 0 Å². The fourth-order valence-electron chi connectivity index (χ4n) is 4.01. The highest BCUT2D eigenvalue weighted by atomic mass is 16.3. The van der Waals surface area contributed by atoms with Crippen molar-refractivity contribution < 1.29 is 14.7 Å². The molecule has 6 nitrogen and oxygen atoms in total. The van der Waals surface area contributed by atoms with E-state index in [0.717, 1.165) is 31.2 Å². The Morgan fingerprint density at radius 2 is 1.96 bits per heavy atom. The van der Waals surface area contributed by atoms with Gasteiger partial charge in [0.25, 0.3) is 0 Å².